The van der Waals surface area contributed by atoms with Gasteiger partial charge in [-0.2, -0.15) is 0 Å². The van der Waals surface area contributed by atoms with Gasteiger partial charge in [-0.25, -0.2) is 0 Å². The lowest BCUT2D eigenvalue weighted by atomic mass is 9.95. The van der Waals surface area contributed by atoms with Gasteiger partial charge in [-0.3, -0.25) is 0 Å². The van der Waals surface area contributed by atoms with Crippen LogP contribution in [-0.2, 0) is 6.42 Å². The van der Waals surface area contributed by atoms with E-state index in [1.807, 2.05) is 31.2 Å². The summed E-state index contributed by atoms with van der Waals surface area (Å²) in [5.41, 5.74) is 11.8. The first-order valence-corrected chi connectivity index (χ1v) is 18.4. The number of rotatable bonds is 20. The Labute approximate surface area is 294 Å². The number of allylic oxidation sites excluding steroid dienone is 14. The Bertz CT molecular complexity index is 1530. The van der Waals surface area contributed by atoms with Crippen LogP contribution in [0.2, 0.25) is 0 Å². The third-order valence-corrected chi connectivity index (χ3v) is 9.43. The van der Waals surface area contributed by atoms with E-state index in [0.29, 0.717) is 17.2 Å². The molecule has 2 rings (SSSR count). The molecule has 0 bridgehead atoms. The molecule has 2 aromatic rings. The monoisotopic (exact) mass is 651 g/mol. The third-order valence-electron chi connectivity index (χ3n) is 9.43. The highest BCUT2D eigenvalue weighted by molar-refractivity contribution is 5.95. The number of phenolic OH excluding ortho intramolecular Hbond substituents is 2. The molecule has 0 fully saturated rings. The van der Waals surface area contributed by atoms with Gasteiger partial charge in [0.05, 0.1) is 0 Å². The Morgan fingerprint density at radius 1 is 0.458 bits per heavy atom. The number of hydrogen-bond donors (Lipinski definition) is 2. The Hall–Kier alpha value is -3.52. The maximum atomic E-state index is 10.9. The molecule has 0 saturated heterocycles. The van der Waals surface area contributed by atoms with Gasteiger partial charge in [-0.15, -0.1) is 0 Å². The summed E-state index contributed by atoms with van der Waals surface area (Å²) in [5, 5.41) is 22.9. The molecule has 48 heavy (non-hydrogen) atoms. The molecular formula is C46H66O2. The fourth-order valence-corrected chi connectivity index (χ4v) is 6.04. The molecular weight excluding hydrogens is 585 g/mol. The Balaban J connectivity index is 1.67. The SMILES string of the molecule is CC(C)=CCC/C(C)=C/CC/C(C)=C/CC/C(C)=C/CC/C(C)=C/CC/C(C)=C/CC/C(C)=C/Cc1c(C)c(O)c2ccccc2c1O. The van der Waals surface area contributed by atoms with Crippen molar-refractivity contribution < 1.29 is 10.2 Å². The van der Waals surface area contributed by atoms with Crippen molar-refractivity contribution in [3.8, 4) is 11.5 Å². The lowest BCUT2D eigenvalue weighted by molar-refractivity contribution is 0.461. The zero-order valence-corrected chi connectivity index (χ0v) is 31.9. The largest absolute Gasteiger partial charge is 0.507 e. The fraction of sp³-hybridized carbons (Fsp3) is 0.478. The summed E-state index contributed by atoms with van der Waals surface area (Å²) in [4.78, 5) is 0. The smallest absolute Gasteiger partial charge is 0.127 e. The maximum absolute atomic E-state index is 10.9. The van der Waals surface area contributed by atoms with Crippen LogP contribution in [0.15, 0.2) is 106 Å². The molecule has 0 aliphatic carbocycles. The van der Waals surface area contributed by atoms with Gasteiger partial charge in [0.1, 0.15) is 11.5 Å². The van der Waals surface area contributed by atoms with Crippen LogP contribution in [0, 0.1) is 6.92 Å². The van der Waals surface area contributed by atoms with Crippen molar-refractivity contribution in [2.75, 3.05) is 0 Å². The summed E-state index contributed by atoms with van der Waals surface area (Å²) in [6.45, 7) is 19.7. The van der Waals surface area contributed by atoms with E-state index < -0.39 is 0 Å². The number of hydrogen-bond acceptors (Lipinski definition) is 2. The van der Waals surface area contributed by atoms with Crippen molar-refractivity contribution in [1.29, 1.82) is 0 Å². The highest BCUT2D eigenvalue weighted by Crippen LogP contribution is 2.39. The van der Waals surface area contributed by atoms with Crippen molar-refractivity contribution in [3.63, 3.8) is 0 Å². The highest BCUT2D eigenvalue weighted by atomic mass is 16.3. The first-order valence-electron chi connectivity index (χ1n) is 18.4. The second-order valence-corrected chi connectivity index (χ2v) is 14.4. The molecule has 0 heterocycles. The summed E-state index contributed by atoms with van der Waals surface area (Å²) in [5.74, 6) is 0.549. The van der Waals surface area contributed by atoms with Crippen LogP contribution in [0.5, 0.6) is 11.5 Å². The molecule has 0 aromatic heterocycles. The normalized spacial score (nSPS) is 13.9. The van der Waals surface area contributed by atoms with Crippen LogP contribution in [0.4, 0.5) is 0 Å². The van der Waals surface area contributed by atoms with Crippen LogP contribution >= 0.6 is 0 Å². The van der Waals surface area contributed by atoms with E-state index in [-0.39, 0.29) is 11.5 Å². The van der Waals surface area contributed by atoms with Crippen molar-refractivity contribution >= 4 is 10.8 Å². The van der Waals surface area contributed by atoms with Crippen LogP contribution < -0.4 is 0 Å². The minimum absolute atomic E-state index is 0.267. The van der Waals surface area contributed by atoms with Crippen molar-refractivity contribution in [3.05, 3.63) is 117 Å². The average Bonchev–Trinajstić information content (AvgIpc) is 3.03. The third kappa shape index (κ3) is 15.6. The molecule has 262 valence electrons. The van der Waals surface area contributed by atoms with Gasteiger partial charge in [0.25, 0.3) is 0 Å². The molecule has 0 aliphatic heterocycles. The minimum Gasteiger partial charge on any atom is -0.507 e. The quantitative estimate of drug-likeness (QED) is 0.111. The van der Waals surface area contributed by atoms with E-state index in [2.05, 4.69) is 97.9 Å². The zero-order chi connectivity index (χ0) is 35.5. The molecule has 0 unspecified atom stereocenters. The van der Waals surface area contributed by atoms with Gasteiger partial charge in [-0.05, 0) is 151 Å². The lowest BCUT2D eigenvalue weighted by Gasteiger charge is -2.13. The second-order valence-electron chi connectivity index (χ2n) is 14.4. The number of phenols is 2. The molecule has 0 atom stereocenters. The summed E-state index contributed by atoms with van der Waals surface area (Å²) in [6, 6.07) is 7.49. The fourth-order valence-electron chi connectivity index (χ4n) is 6.04. The van der Waals surface area contributed by atoms with Crippen molar-refractivity contribution in [2.45, 2.75) is 146 Å². The molecule has 2 heteroatoms. The van der Waals surface area contributed by atoms with Crippen LogP contribution in [0.1, 0.15) is 144 Å². The van der Waals surface area contributed by atoms with E-state index in [0.717, 1.165) is 75.3 Å². The number of benzene rings is 2. The van der Waals surface area contributed by atoms with Crippen LogP contribution in [0.25, 0.3) is 10.8 Å². The summed E-state index contributed by atoms with van der Waals surface area (Å²) in [6.07, 6.45) is 30.7. The molecule has 0 amide bonds. The van der Waals surface area contributed by atoms with Crippen LogP contribution in [-0.4, -0.2) is 10.2 Å². The first-order chi connectivity index (χ1) is 22.9. The van der Waals surface area contributed by atoms with E-state index >= 15 is 0 Å². The lowest BCUT2D eigenvalue weighted by Crippen LogP contribution is -1.92. The van der Waals surface area contributed by atoms with E-state index in [4.69, 9.17) is 0 Å². The highest BCUT2D eigenvalue weighted by Gasteiger charge is 2.14. The zero-order valence-electron chi connectivity index (χ0n) is 31.9. The Morgan fingerprint density at radius 3 is 1.12 bits per heavy atom. The minimum atomic E-state index is 0.267. The first kappa shape index (κ1) is 40.7. The average molecular weight is 651 g/mol. The van der Waals surface area contributed by atoms with Gasteiger partial charge >= 0.3 is 0 Å². The molecule has 2 aromatic carbocycles. The van der Waals surface area contributed by atoms with Crippen molar-refractivity contribution in [1.82, 2.24) is 0 Å². The molecule has 0 radical (unpaired) electrons. The molecule has 0 aliphatic rings. The maximum Gasteiger partial charge on any atom is 0.127 e. The predicted molar refractivity (Wildman–Crippen MR) is 213 cm³/mol. The molecule has 0 saturated carbocycles. The predicted octanol–water partition coefficient (Wildman–Crippen LogP) is 14.4. The van der Waals surface area contributed by atoms with Crippen LogP contribution in [0.3, 0.4) is 0 Å². The second kappa shape index (κ2) is 22.2. The topological polar surface area (TPSA) is 40.5 Å². The van der Waals surface area contributed by atoms with Gasteiger partial charge < -0.3 is 10.2 Å². The van der Waals surface area contributed by atoms with Gasteiger partial charge in [0.2, 0.25) is 0 Å². The van der Waals surface area contributed by atoms with Gasteiger partial charge in [-0.1, -0.05) is 106 Å². The van der Waals surface area contributed by atoms with E-state index in [1.54, 1.807) is 0 Å². The molecule has 2 N–H and O–H groups in total. The van der Waals surface area contributed by atoms with Gasteiger partial charge in [0, 0.05) is 16.3 Å². The Morgan fingerprint density at radius 2 is 0.771 bits per heavy atom. The van der Waals surface area contributed by atoms with Crippen molar-refractivity contribution in [2.24, 2.45) is 0 Å². The summed E-state index contributed by atoms with van der Waals surface area (Å²) < 4.78 is 0. The van der Waals surface area contributed by atoms with E-state index in [9.17, 15) is 10.2 Å². The Kier molecular flexibility index (Phi) is 18.8. The number of fused-ring (bicyclic) bond motifs is 1. The van der Waals surface area contributed by atoms with E-state index in [1.165, 1.54) is 51.9 Å². The standard InChI is InChI=1S/C46H66O2/c1-34(2)18-12-19-35(3)20-13-21-36(4)22-14-23-37(5)24-15-25-38(6)26-16-27-39(7)28-17-29-40(8)32-33-42-41(9)45(47)43-30-10-11-31-44(43)46(42)48/h10-11,18,20,22,24,26,28,30-32,47-48H,12-17,19,21,23,25,27,29,33H2,1-9H3/b35-20+,36-22+,37-24+,38-26+,39-28+,40-32+. The summed E-state index contributed by atoms with van der Waals surface area (Å²) in [7, 11) is 0. The summed E-state index contributed by atoms with van der Waals surface area (Å²) >= 11 is 0. The molecule has 0 spiro atoms. The van der Waals surface area contributed by atoms with Gasteiger partial charge in [0.15, 0.2) is 0 Å². The number of aromatic hydroxyl groups is 2. The molecule has 2 nitrogen and oxygen atoms in total.